The second kappa shape index (κ2) is 4.84. The van der Waals surface area contributed by atoms with Gasteiger partial charge in [-0.3, -0.25) is 0 Å². The van der Waals surface area contributed by atoms with Crippen molar-refractivity contribution in [1.82, 2.24) is 0 Å². The van der Waals surface area contributed by atoms with Crippen molar-refractivity contribution in [2.75, 3.05) is 19.0 Å². The summed E-state index contributed by atoms with van der Waals surface area (Å²) in [5, 5.41) is 9.06. The number of anilines is 1. The highest BCUT2D eigenvalue weighted by atomic mass is 35.5. The summed E-state index contributed by atoms with van der Waals surface area (Å²) in [7, 11) is 3.79. The molecule has 0 aliphatic carbocycles. The highest BCUT2D eigenvalue weighted by Crippen LogP contribution is 2.25. The number of benzene rings is 1. The van der Waals surface area contributed by atoms with Gasteiger partial charge in [0.15, 0.2) is 0 Å². The second-order valence-electron chi connectivity index (χ2n) is 3.28. The fourth-order valence-corrected chi connectivity index (χ4v) is 1.52. The fourth-order valence-electron chi connectivity index (χ4n) is 1.16. The zero-order valence-electron chi connectivity index (χ0n) is 8.57. The van der Waals surface area contributed by atoms with E-state index in [0.717, 1.165) is 17.3 Å². The first-order valence-electron chi connectivity index (χ1n) is 4.38. The van der Waals surface area contributed by atoms with Crippen LogP contribution in [0.2, 0.25) is 5.02 Å². The van der Waals surface area contributed by atoms with Gasteiger partial charge in [0, 0.05) is 20.2 Å². The molecule has 1 aromatic carbocycles. The Morgan fingerprint density at radius 3 is 2.60 bits per heavy atom. The summed E-state index contributed by atoms with van der Waals surface area (Å²) in [5.41, 5.74) is 1.68. The Kier molecular flexibility index (Phi) is 3.74. The second-order valence-corrected chi connectivity index (χ2v) is 3.68. The van der Waals surface area contributed by atoms with Crippen LogP contribution in [0.3, 0.4) is 0 Å². The first kappa shape index (κ1) is 11.6. The molecule has 3 nitrogen and oxygen atoms in total. The number of hydrogen-bond acceptors (Lipinski definition) is 2. The summed E-state index contributed by atoms with van der Waals surface area (Å²) in [6.07, 6.45) is 2.59. The molecule has 80 valence electrons. The quantitative estimate of drug-likeness (QED) is 0.804. The smallest absolute Gasteiger partial charge is 0.328 e. The van der Waals surface area contributed by atoms with Gasteiger partial charge in [0.2, 0.25) is 0 Å². The van der Waals surface area contributed by atoms with Crippen molar-refractivity contribution < 1.29 is 9.90 Å². The average molecular weight is 226 g/mol. The number of carboxylic acid groups (broad SMARTS) is 1. The molecule has 0 amide bonds. The summed E-state index contributed by atoms with van der Waals surface area (Å²) in [4.78, 5) is 12.2. The topological polar surface area (TPSA) is 40.5 Å². The van der Waals surface area contributed by atoms with E-state index in [-0.39, 0.29) is 0 Å². The van der Waals surface area contributed by atoms with Crippen LogP contribution in [0.5, 0.6) is 0 Å². The largest absolute Gasteiger partial charge is 0.478 e. The maximum atomic E-state index is 10.3. The first-order valence-corrected chi connectivity index (χ1v) is 4.76. The van der Waals surface area contributed by atoms with Gasteiger partial charge in [0.1, 0.15) is 0 Å². The van der Waals surface area contributed by atoms with Crippen LogP contribution < -0.4 is 4.90 Å². The van der Waals surface area contributed by atoms with E-state index >= 15 is 0 Å². The number of carboxylic acids is 1. The maximum Gasteiger partial charge on any atom is 0.328 e. The Morgan fingerprint density at radius 2 is 2.13 bits per heavy atom. The van der Waals surface area contributed by atoms with Crippen molar-refractivity contribution in [2.24, 2.45) is 0 Å². The molecule has 0 saturated carbocycles. The van der Waals surface area contributed by atoms with Crippen molar-refractivity contribution in [3.63, 3.8) is 0 Å². The average Bonchev–Trinajstić information content (AvgIpc) is 2.14. The van der Waals surface area contributed by atoms with E-state index in [9.17, 15) is 4.79 Å². The first-order chi connectivity index (χ1) is 7.00. The standard InChI is InChI=1S/C11H12ClNO2/c1-13(2)10-5-3-8(7-9(10)12)4-6-11(14)15/h3-7H,1-2H3,(H,14,15). The van der Waals surface area contributed by atoms with Crippen LogP contribution in [0.15, 0.2) is 24.3 Å². The molecule has 0 heterocycles. The van der Waals surface area contributed by atoms with Crippen LogP contribution in [0, 0.1) is 0 Å². The lowest BCUT2D eigenvalue weighted by Crippen LogP contribution is -2.08. The summed E-state index contributed by atoms with van der Waals surface area (Å²) in [5.74, 6) is -0.970. The Bertz CT molecular complexity index is 400. The molecule has 0 fully saturated rings. The molecule has 0 bridgehead atoms. The monoisotopic (exact) mass is 225 g/mol. The summed E-state index contributed by atoms with van der Waals surface area (Å²) >= 11 is 6.02. The molecule has 0 atom stereocenters. The van der Waals surface area contributed by atoms with Gasteiger partial charge in [0.05, 0.1) is 10.7 Å². The van der Waals surface area contributed by atoms with Crippen LogP contribution >= 0.6 is 11.6 Å². The lowest BCUT2D eigenvalue weighted by molar-refractivity contribution is -0.131. The Hall–Kier alpha value is -1.48. The van der Waals surface area contributed by atoms with Crippen LogP contribution in [-0.4, -0.2) is 25.2 Å². The number of aliphatic carboxylic acids is 1. The lowest BCUT2D eigenvalue weighted by atomic mass is 10.2. The predicted octanol–water partition coefficient (Wildman–Crippen LogP) is 2.50. The zero-order valence-corrected chi connectivity index (χ0v) is 9.32. The number of carbonyl (C=O) groups is 1. The molecule has 0 aliphatic rings. The third-order valence-corrected chi connectivity index (χ3v) is 2.17. The van der Waals surface area contributed by atoms with E-state index in [0.29, 0.717) is 5.02 Å². The van der Waals surface area contributed by atoms with Crippen LogP contribution in [0.4, 0.5) is 5.69 Å². The SMILES string of the molecule is CN(C)c1ccc(C=CC(=O)O)cc1Cl. The van der Waals surface area contributed by atoms with E-state index in [1.54, 1.807) is 6.07 Å². The van der Waals surface area contributed by atoms with Gasteiger partial charge in [-0.2, -0.15) is 0 Å². The molecule has 1 aromatic rings. The van der Waals surface area contributed by atoms with Crippen molar-refractivity contribution in [1.29, 1.82) is 0 Å². The predicted molar refractivity (Wildman–Crippen MR) is 62.4 cm³/mol. The zero-order chi connectivity index (χ0) is 11.4. The third kappa shape index (κ3) is 3.29. The Labute approximate surface area is 93.6 Å². The number of hydrogen-bond donors (Lipinski definition) is 1. The van der Waals surface area contributed by atoms with Crippen molar-refractivity contribution in [3.8, 4) is 0 Å². The molecule has 1 rings (SSSR count). The normalized spacial score (nSPS) is 10.6. The molecule has 0 aromatic heterocycles. The van der Waals surface area contributed by atoms with Gasteiger partial charge in [-0.15, -0.1) is 0 Å². The Morgan fingerprint density at radius 1 is 1.47 bits per heavy atom. The van der Waals surface area contributed by atoms with Gasteiger partial charge < -0.3 is 10.0 Å². The van der Waals surface area contributed by atoms with E-state index in [4.69, 9.17) is 16.7 Å². The molecule has 0 saturated heterocycles. The van der Waals surface area contributed by atoms with Gasteiger partial charge >= 0.3 is 5.97 Å². The summed E-state index contributed by atoms with van der Waals surface area (Å²) in [6, 6.07) is 5.40. The van der Waals surface area contributed by atoms with E-state index in [1.807, 2.05) is 31.1 Å². The Balaban J connectivity index is 2.96. The van der Waals surface area contributed by atoms with Crippen molar-refractivity contribution >= 4 is 29.3 Å². The van der Waals surface area contributed by atoms with Crippen molar-refractivity contribution in [2.45, 2.75) is 0 Å². The molecule has 0 radical (unpaired) electrons. The highest BCUT2D eigenvalue weighted by Gasteiger charge is 2.02. The summed E-state index contributed by atoms with van der Waals surface area (Å²) in [6.45, 7) is 0. The molecular weight excluding hydrogens is 214 g/mol. The van der Waals surface area contributed by atoms with Crippen LogP contribution in [-0.2, 0) is 4.79 Å². The van der Waals surface area contributed by atoms with E-state index in [2.05, 4.69) is 0 Å². The molecular formula is C11H12ClNO2. The molecule has 0 spiro atoms. The van der Waals surface area contributed by atoms with Crippen LogP contribution in [0.25, 0.3) is 6.08 Å². The van der Waals surface area contributed by atoms with Gasteiger partial charge in [-0.05, 0) is 23.8 Å². The minimum Gasteiger partial charge on any atom is -0.478 e. The van der Waals surface area contributed by atoms with Crippen LogP contribution in [0.1, 0.15) is 5.56 Å². The van der Waals surface area contributed by atoms with Gasteiger partial charge in [-0.1, -0.05) is 17.7 Å². The van der Waals surface area contributed by atoms with E-state index < -0.39 is 5.97 Å². The molecule has 15 heavy (non-hydrogen) atoms. The fraction of sp³-hybridized carbons (Fsp3) is 0.182. The molecule has 1 N–H and O–H groups in total. The number of nitrogens with zero attached hydrogens (tertiary/aromatic N) is 1. The minimum atomic E-state index is -0.970. The minimum absolute atomic E-state index is 0.604. The van der Waals surface area contributed by atoms with E-state index in [1.165, 1.54) is 6.08 Å². The molecule has 0 aliphatic heterocycles. The van der Waals surface area contributed by atoms with Crippen molar-refractivity contribution in [3.05, 3.63) is 34.9 Å². The molecule has 4 heteroatoms. The lowest BCUT2D eigenvalue weighted by Gasteiger charge is -2.14. The maximum absolute atomic E-state index is 10.3. The third-order valence-electron chi connectivity index (χ3n) is 1.87. The van der Waals surface area contributed by atoms with Gasteiger partial charge in [-0.25, -0.2) is 4.79 Å². The highest BCUT2D eigenvalue weighted by molar-refractivity contribution is 6.33. The van der Waals surface area contributed by atoms with Gasteiger partial charge in [0.25, 0.3) is 0 Å². The summed E-state index contributed by atoms with van der Waals surface area (Å²) < 4.78 is 0. The number of rotatable bonds is 3. The molecule has 0 unspecified atom stereocenters. The number of halogens is 1.